The average molecular weight is 335 g/mol. The monoisotopic (exact) mass is 334 g/mol. The minimum absolute atomic E-state index is 0.0979. The highest BCUT2D eigenvalue weighted by Crippen LogP contribution is 2.19. The quantitative estimate of drug-likeness (QED) is 0.690. The van der Waals surface area contributed by atoms with Gasteiger partial charge in [-0.15, -0.1) is 0 Å². The van der Waals surface area contributed by atoms with Crippen molar-refractivity contribution in [3.8, 4) is 0 Å². The Morgan fingerprint density at radius 1 is 1.15 bits per heavy atom. The van der Waals surface area contributed by atoms with Gasteiger partial charge in [-0.1, -0.05) is 53.5 Å². The summed E-state index contributed by atoms with van der Waals surface area (Å²) in [6.45, 7) is 2.15. The average Bonchev–Trinajstić information content (AvgIpc) is 2.47. The van der Waals surface area contributed by atoms with Crippen LogP contribution in [0.15, 0.2) is 46.9 Å². The van der Waals surface area contributed by atoms with Gasteiger partial charge in [0.2, 0.25) is 0 Å². The van der Waals surface area contributed by atoms with E-state index in [1.165, 1.54) is 17.7 Å². The third kappa shape index (κ3) is 3.54. The third-order valence-corrected chi connectivity index (χ3v) is 3.70. The van der Waals surface area contributed by atoms with Crippen molar-refractivity contribution in [1.29, 1.82) is 0 Å². The van der Waals surface area contributed by atoms with E-state index in [4.69, 9.17) is 0 Å². The minimum atomic E-state index is -0.492. The van der Waals surface area contributed by atoms with E-state index < -0.39 is 5.82 Å². The summed E-state index contributed by atoms with van der Waals surface area (Å²) in [5.74, 6) is -0.779. The van der Waals surface area contributed by atoms with E-state index in [-0.39, 0.29) is 11.3 Å². The van der Waals surface area contributed by atoms with Crippen LogP contribution in [-0.4, -0.2) is 5.78 Å². The highest BCUT2D eigenvalue weighted by Gasteiger charge is 2.14. The Morgan fingerprint density at radius 2 is 1.85 bits per heavy atom. The molecule has 0 aliphatic rings. The van der Waals surface area contributed by atoms with E-state index in [0.717, 1.165) is 19.3 Å². The third-order valence-electron chi connectivity index (χ3n) is 3.21. The second kappa shape index (κ2) is 6.80. The van der Waals surface area contributed by atoms with Gasteiger partial charge in [-0.2, -0.15) is 0 Å². The molecule has 0 bridgehead atoms. The SMILES string of the molecule is CCCCc1ccc(C(=O)c2cc(Br)ccc2F)cc1. The molecule has 0 N–H and O–H groups in total. The molecule has 0 saturated heterocycles. The minimum Gasteiger partial charge on any atom is -0.288 e. The zero-order valence-corrected chi connectivity index (χ0v) is 12.9. The predicted molar refractivity (Wildman–Crippen MR) is 82.6 cm³/mol. The van der Waals surface area contributed by atoms with Crippen molar-refractivity contribution in [3.05, 3.63) is 69.4 Å². The van der Waals surface area contributed by atoms with E-state index in [9.17, 15) is 9.18 Å². The number of hydrogen-bond donors (Lipinski definition) is 0. The summed E-state index contributed by atoms with van der Waals surface area (Å²) in [6.07, 6.45) is 3.29. The molecular formula is C17H16BrFO. The largest absolute Gasteiger partial charge is 0.288 e. The summed E-state index contributed by atoms with van der Waals surface area (Å²) in [4.78, 5) is 12.3. The van der Waals surface area contributed by atoms with Crippen LogP contribution >= 0.6 is 15.9 Å². The molecule has 2 aromatic rings. The Morgan fingerprint density at radius 3 is 2.50 bits per heavy atom. The number of ketones is 1. The van der Waals surface area contributed by atoms with Gasteiger partial charge in [0.1, 0.15) is 5.82 Å². The summed E-state index contributed by atoms with van der Waals surface area (Å²) in [6, 6.07) is 11.8. The molecule has 0 radical (unpaired) electrons. The molecule has 104 valence electrons. The van der Waals surface area contributed by atoms with Crippen LogP contribution < -0.4 is 0 Å². The lowest BCUT2D eigenvalue weighted by Crippen LogP contribution is -2.04. The van der Waals surface area contributed by atoms with Crippen molar-refractivity contribution in [2.75, 3.05) is 0 Å². The molecule has 0 amide bonds. The molecule has 20 heavy (non-hydrogen) atoms. The molecule has 3 heteroatoms. The lowest BCUT2D eigenvalue weighted by molar-refractivity contribution is 0.103. The fraction of sp³-hybridized carbons (Fsp3) is 0.235. The maximum absolute atomic E-state index is 13.7. The molecule has 0 atom stereocenters. The van der Waals surface area contributed by atoms with Gasteiger partial charge < -0.3 is 0 Å². The van der Waals surface area contributed by atoms with Crippen molar-refractivity contribution in [1.82, 2.24) is 0 Å². The lowest BCUT2D eigenvalue weighted by Gasteiger charge is -2.05. The fourth-order valence-electron chi connectivity index (χ4n) is 2.03. The van der Waals surface area contributed by atoms with Crippen LogP contribution in [0.4, 0.5) is 4.39 Å². The molecular weight excluding hydrogens is 319 g/mol. The molecule has 0 aliphatic heterocycles. The Balaban J connectivity index is 2.22. The van der Waals surface area contributed by atoms with Crippen LogP contribution in [-0.2, 0) is 6.42 Å². The zero-order chi connectivity index (χ0) is 14.5. The van der Waals surface area contributed by atoms with Crippen molar-refractivity contribution in [2.45, 2.75) is 26.2 Å². The van der Waals surface area contributed by atoms with Crippen molar-refractivity contribution < 1.29 is 9.18 Å². The molecule has 0 fully saturated rings. The van der Waals surface area contributed by atoms with Gasteiger partial charge in [-0.3, -0.25) is 4.79 Å². The van der Waals surface area contributed by atoms with Crippen LogP contribution in [0.3, 0.4) is 0 Å². The molecule has 0 unspecified atom stereocenters. The van der Waals surface area contributed by atoms with E-state index in [2.05, 4.69) is 22.9 Å². The molecule has 2 aromatic carbocycles. The Labute approximate surface area is 127 Å². The maximum atomic E-state index is 13.7. The fourth-order valence-corrected chi connectivity index (χ4v) is 2.39. The normalized spacial score (nSPS) is 10.6. The highest BCUT2D eigenvalue weighted by atomic mass is 79.9. The number of unbranched alkanes of at least 4 members (excludes halogenated alkanes) is 1. The topological polar surface area (TPSA) is 17.1 Å². The van der Waals surface area contributed by atoms with Crippen molar-refractivity contribution in [3.63, 3.8) is 0 Å². The number of rotatable bonds is 5. The number of aryl methyl sites for hydroxylation is 1. The zero-order valence-electron chi connectivity index (χ0n) is 11.3. The summed E-state index contributed by atoms with van der Waals surface area (Å²) < 4.78 is 14.4. The Bertz CT molecular complexity index is 605. The van der Waals surface area contributed by atoms with Crippen LogP contribution in [0.25, 0.3) is 0 Å². The summed E-state index contributed by atoms with van der Waals surface area (Å²) in [7, 11) is 0. The molecule has 0 aliphatic carbocycles. The van der Waals surface area contributed by atoms with Gasteiger partial charge in [0, 0.05) is 10.0 Å². The van der Waals surface area contributed by atoms with Crippen molar-refractivity contribution in [2.24, 2.45) is 0 Å². The van der Waals surface area contributed by atoms with Gasteiger partial charge in [0.05, 0.1) is 5.56 Å². The van der Waals surface area contributed by atoms with E-state index in [1.54, 1.807) is 18.2 Å². The highest BCUT2D eigenvalue weighted by molar-refractivity contribution is 9.10. The van der Waals surface area contributed by atoms with E-state index >= 15 is 0 Å². The smallest absolute Gasteiger partial charge is 0.196 e. The van der Waals surface area contributed by atoms with Crippen LogP contribution in [0, 0.1) is 5.82 Å². The summed E-state index contributed by atoms with van der Waals surface area (Å²) in [5.41, 5.74) is 1.82. The predicted octanol–water partition coefficient (Wildman–Crippen LogP) is 5.16. The second-order valence-electron chi connectivity index (χ2n) is 4.75. The van der Waals surface area contributed by atoms with Gasteiger partial charge >= 0.3 is 0 Å². The van der Waals surface area contributed by atoms with Gasteiger partial charge in [0.25, 0.3) is 0 Å². The maximum Gasteiger partial charge on any atom is 0.196 e. The second-order valence-corrected chi connectivity index (χ2v) is 5.67. The van der Waals surface area contributed by atoms with Crippen molar-refractivity contribution >= 4 is 21.7 Å². The van der Waals surface area contributed by atoms with E-state index in [0.29, 0.717) is 10.0 Å². The molecule has 0 heterocycles. The number of carbonyl (C=O) groups is 1. The van der Waals surface area contributed by atoms with Gasteiger partial charge in [-0.25, -0.2) is 4.39 Å². The lowest BCUT2D eigenvalue weighted by atomic mass is 10.00. The van der Waals surface area contributed by atoms with Gasteiger partial charge in [0.15, 0.2) is 5.78 Å². The Kier molecular flexibility index (Phi) is 5.07. The molecule has 2 rings (SSSR count). The number of carbonyl (C=O) groups excluding carboxylic acids is 1. The van der Waals surface area contributed by atoms with Crippen LogP contribution in [0.2, 0.25) is 0 Å². The van der Waals surface area contributed by atoms with E-state index in [1.807, 2.05) is 12.1 Å². The van der Waals surface area contributed by atoms with Crippen LogP contribution in [0.5, 0.6) is 0 Å². The summed E-state index contributed by atoms with van der Waals surface area (Å²) >= 11 is 3.26. The number of benzene rings is 2. The molecule has 0 spiro atoms. The first-order valence-corrected chi connectivity index (χ1v) is 7.50. The number of hydrogen-bond acceptors (Lipinski definition) is 1. The standard InChI is InChI=1S/C17H16BrFO/c1-2-3-4-12-5-7-13(8-6-12)17(20)15-11-14(18)9-10-16(15)19/h5-11H,2-4H2,1H3. The first kappa shape index (κ1) is 14.9. The first-order valence-electron chi connectivity index (χ1n) is 6.70. The Hall–Kier alpha value is -1.48. The first-order chi connectivity index (χ1) is 9.61. The van der Waals surface area contributed by atoms with Crippen LogP contribution in [0.1, 0.15) is 41.3 Å². The number of halogens is 2. The molecule has 0 aromatic heterocycles. The van der Waals surface area contributed by atoms with Gasteiger partial charge in [-0.05, 0) is 36.6 Å². The summed E-state index contributed by atoms with van der Waals surface area (Å²) in [5, 5.41) is 0. The molecule has 0 saturated carbocycles. The molecule has 1 nitrogen and oxygen atoms in total.